The van der Waals surface area contributed by atoms with Crippen LogP contribution in [0.3, 0.4) is 0 Å². The van der Waals surface area contributed by atoms with Gasteiger partial charge >= 0.3 is 0 Å². The van der Waals surface area contributed by atoms with Crippen molar-refractivity contribution in [2.24, 2.45) is 0 Å². The van der Waals surface area contributed by atoms with Crippen LogP contribution in [0.5, 0.6) is 11.5 Å². The maximum Gasteiger partial charge on any atom is 0.288 e. The summed E-state index contributed by atoms with van der Waals surface area (Å²) in [4.78, 5) is 27.1. The van der Waals surface area contributed by atoms with Gasteiger partial charge in [0.1, 0.15) is 5.02 Å². The Morgan fingerprint density at radius 1 is 1.18 bits per heavy atom. The number of amides is 1. The summed E-state index contributed by atoms with van der Waals surface area (Å²) in [5.74, 6) is 0.638. The second-order valence-corrected chi connectivity index (χ2v) is 6.75. The summed E-state index contributed by atoms with van der Waals surface area (Å²) in [7, 11) is 3.09. The molecule has 1 amide bonds. The number of nitrogens with one attached hydrogen (secondary N) is 1. The molecule has 0 atom stereocenters. The predicted octanol–water partition coefficient (Wildman–Crippen LogP) is 4.64. The number of carbonyl (C=O) groups excluding carboxylic acids is 1. The molecule has 0 radical (unpaired) electrons. The number of nitro groups is 1. The van der Waals surface area contributed by atoms with Gasteiger partial charge in [0, 0.05) is 22.6 Å². The van der Waals surface area contributed by atoms with Crippen molar-refractivity contribution >= 4 is 39.7 Å². The van der Waals surface area contributed by atoms with Gasteiger partial charge in [-0.1, -0.05) is 11.6 Å². The fourth-order valence-corrected chi connectivity index (χ4v) is 3.32. The van der Waals surface area contributed by atoms with Crippen molar-refractivity contribution in [2.45, 2.75) is 0 Å². The minimum Gasteiger partial charge on any atom is -0.493 e. The van der Waals surface area contributed by atoms with Crippen molar-refractivity contribution < 1.29 is 19.2 Å². The standard InChI is InChI=1S/C18H14ClN3O5S/c1-26-15-6-4-10(8-16(15)27-2)13-9-28-18(20-13)21-17(23)11-3-5-12(19)14(7-11)22(24)25/h3-9H,1-2H3,(H,20,21,23). The highest BCUT2D eigenvalue weighted by molar-refractivity contribution is 7.14. The van der Waals surface area contributed by atoms with E-state index in [1.54, 1.807) is 31.7 Å². The number of aromatic nitrogens is 1. The first kappa shape index (κ1) is 19.6. The maximum atomic E-state index is 12.4. The van der Waals surface area contributed by atoms with E-state index in [2.05, 4.69) is 10.3 Å². The van der Waals surface area contributed by atoms with E-state index in [1.165, 1.54) is 23.5 Å². The van der Waals surface area contributed by atoms with Crippen molar-refractivity contribution in [1.82, 2.24) is 4.98 Å². The highest BCUT2D eigenvalue weighted by Gasteiger charge is 2.17. The molecule has 0 aliphatic heterocycles. The summed E-state index contributed by atoms with van der Waals surface area (Å²) in [5, 5.41) is 15.7. The average molecular weight is 420 g/mol. The Balaban J connectivity index is 1.81. The van der Waals surface area contributed by atoms with Gasteiger partial charge in [-0.05, 0) is 30.3 Å². The highest BCUT2D eigenvalue weighted by Crippen LogP contribution is 2.33. The summed E-state index contributed by atoms with van der Waals surface area (Å²) >= 11 is 7.00. The third-order valence-electron chi connectivity index (χ3n) is 3.81. The van der Waals surface area contributed by atoms with Crippen molar-refractivity contribution in [2.75, 3.05) is 19.5 Å². The fraction of sp³-hybridized carbons (Fsp3) is 0.111. The second kappa shape index (κ2) is 8.24. The van der Waals surface area contributed by atoms with Crippen LogP contribution in [-0.4, -0.2) is 30.0 Å². The number of thiazole rings is 1. The van der Waals surface area contributed by atoms with E-state index in [0.717, 1.165) is 11.6 Å². The van der Waals surface area contributed by atoms with E-state index in [4.69, 9.17) is 21.1 Å². The molecule has 3 aromatic rings. The monoisotopic (exact) mass is 419 g/mol. The minimum absolute atomic E-state index is 0.0356. The number of anilines is 1. The quantitative estimate of drug-likeness (QED) is 0.461. The summed E-state index contributed by atoms with van der Waals surface area (Å²) in [6.07, 6.45) is 0. The van der Waals surface area contributed by atoms with Gasteiger partial charge in [0.05, 0.1) is 24.8 Å². The zero-order valence-electron chi connectivity index (χ0n) is 14.8. The van der Waals surface area contributed by atoms with Crippen LogP contribution in [0, 0.1) is 10.1 Å². The van der Waals surface area contributed by atoms with Gasteiger partial charge in [0.15, 0.2) is 16.6 Å². The van der Waals surface area contributed by atoms with E-state index in [9.17, 15) is 14.9 Å². The first-order valence-corrected chi connectivity index (χ1v) is 9.12. The third-order valence-corrected chi connectivity index (χ3v) is 4.89. The molecular weight excluding hydrogens is 406 g/mol. The molecule has 3 rings (SSSR count). The summed E-state index contributed by atoms with van der Waals surface area (Å²) < 4.78 is 10.5. The molecule has 0 bridgehead atoms. The number of halogens is 1. The van der Waals surface area contributed by atoms with E-state index in [-0.39, 0.29) is 16.3 Å². The van der Waals surface area contributed by atoms with Gasteiger partial charge in [-0.2, -0.15) is 0 Å². The first-order valence-electron chi connectivity index (χ1n) is 7.86. The average Bonchev–Trinajstić information content (AvgIpc) is 3.15. The smallest absolute Gasteiger partial charge is 0.288 e. The number of nitro benzene ring substituents is 1. The molecule has 8 nitrogen and oxygen atoms in total. The minimum atomic E-state index is -0.641. The van der Waals surface area contributed by atoms with Gasteiger partial charge < -0.3 is 9.47 Å². The lowest BCUT2D eigenvalue weighted by molar-refractivity contribution is -0.384. The molecule has 1 N–H and O–H groups in total. The van der Waals surface area contributed by atoms with Crippen LogP contribution >= 0.6 is 22.9 Å². The zero-order chi connectivity index (χ0) is 20.3. The number of ether oxygens (including phenoxy) is 2. The third kappa shape index (κ3) is 4.05. The first-order chi connectivity index (χ1) is 13.4. The second-order valence-electron chi connectivity index (χ2n) is 5.49. The van der Waals surface area contributed by atoms with Gasteiger partial charge in [0.2, 0.25) is 0 Å². The van der Waals surface area contributed by atoms with Gasteiger partial charge in [-0.15, -0.1) is 11.3 Å². The van der Waals surface area contributed by atoms with Crippen LogP contribution < -0.4 is 14.8 Å². The Hall–Kier alpha value is -3.17. The molecule has 28 heavy (non-hydrogen) atoms. The Morgan fingerprint density at radius 3 is 2.61 bits per heavy atom. The topological polar surface area (TPSA) is 104 Å². The van der Waals surface area contributed by atoms with E-state index < -0.39 is 10.8 Å². The van der Waals surface area contributed by atoms with Gasteiger partial charge in [0.25, 0.3) is 11.6 Å². The van der Waals surface area contributed by atoms with Crippen LogP contribution in [0.25, 0.3) is 11.3 Å². The van der Waals surface area contributed by atoms with E-state index in [0.29, 0.717) is 22.3 Å². The number of carbonyl (C=O) groups is 1. The molecule has 0 saturated heterocycles. The highest BCUT2D eigenvalue weighted by atomic mass is 35.5. The summed E-state index contributed by atoms with van der Waals surface area (Å²) in [5.41, 5.74) is 1.21. The number of benzene rings is 2. The number of hydrogen-bond acceptors (Lipinski definition) is 7. The maximum absolute atomic E-state index is 12.4. The molecule has 0 aliphatic carbocycles. The van der Waals surface area contributed by atoms with Gasteiger partial charge in [-0.3, -0.25) is 20.2 Å². The lowest BCUT2D eigenvalue weighted by Gasteiger charge is -2.08. The molecule has 144 valence electrons. The number of rotatable bonds is 6. The van der Waals surface area contributed by atoms with Crippen LogP contribution in [0.15, 0.2) is 41.8 Å². The SMILES string of the molecule is COc1ccc(-c2csc(NC(=O)c3ccc(Cl)c([N+](=O)[O-])c3)n2)cc1OC. The van der Waals surface area contributed by atoms with Crippen molar-refractivity contribution in [3.63, 3.8) is 0 Å². The molecule has 1 aromatic heterocycles. The Bertz CT molecular complexity index is 1050. The zero-order valence-corrected chi connectivity index (χ0v) is 16.3. The molecule has 0 spiro atoms. The van der Waals surface area contributed by atoms with E-state index >= 15 is 0 Å². The van der Waals surface area contributed by atoms with Crippen LogP contribution in [0.1, 0.15) is 10.4 Å². The lowest BCUT2D eigenvalue weighted by Crippen LogP contribution is -2.12. The normalized spacial score (nSPS) is 10.4. The number of hydrogen-bond donors (Lipinski definition) is 1. The van der Waals surface area contributed by atoms with Crippen molar-refractivity contribution in [1.29, 1.82) is 0 Å². The lowest BCUT2D eigenvalue weighted by atomic mass is 10.1. The summed E-state index contributed by atoms with van der Waals surface area (Å²) in [6, 6.07) is 9.21. The Morgan fingerprint density at radius 2 is 1.93 bits per heavy atom. The Kier molecular flexibility index (Phi) is 5.76. The molecular formula is C18H14ClN3O5S. The molecule has 1 heterocycles. The molecule has 2 aromatic carbocycles. The number of methoxy groups -OCH3 is 2. The van der Waals surface area contributed by atoms with Crippen molar-refractivity contribution in [3.8, 4) is 22.8 Å². The molecule has 0 aliphatic rings. The summed E-state index contributed by atoms with van der Waals surface area (Å²) in [6.45, 7) is 0. The molecule has 0 fully saturated rings. The largest absolute Gasteiger partial charge is 0.493 e. The van der Waals surface area contributed by atoms with Crippen molar-refractivity contribution in [3.05, 3.63) is 62.5 Å². The molecule has 0 unspecified atom stereocenters. The van der Waals surface area contributed by atoms with Crippen LogP contribution in [0.4, 0.5) is 10.8 Å². The van der Waals surface area contributed by atoms with Crippen LogP contribution in [0.2, 0.25) is 5.02 Å². The van der Waals surface area contributed by atoms with Gasteiger partial charge in [-0.25, -0.2) is 4.98 Å². The van der Waals surface area contributed by atoms with E-state index in [1.807, 2.05) is 6.07 Å². The Labute approximate surface area is 168 Å². The molecule has 10 heteroatoms. The number of nitrogens with zero attached hydrogens (tertiary/aromatic N) is 2. The molecule has 0 saturated carbocycles. The fourth-order valence-electron chi connectivity index (χ4n) is 2.42. The van der Waals surface area contributed by atoms with Crippen LogP contribution in [-0.2, 0) is 0 Å². The predicted molar refractivity (Wildman–Crippen MR) is 107 cm³/mol.